The molecule has 2 N–H and O–H groups in total. The highest BCUT2D eigenvalue weighted by molar-refractivity contribution is 14.1. The summed E-state index contributed by atoms with van der Waals surface area (Å²) in [6, 6.07) is 8.19. The number of aryl methyl sites for hydroxylation is 1. The third-order valence-electron chi connectivity index (χ3n) is 2.67. The molecule has 2 rings (SSSR count). The molecule has 3 nitrogen and oxygen atoms in total. The zero-order valence-electron chi connectivity index (χ0n) is 9.81. The fourth-order valence-corrected chi connectivity index (χ4v) is 2.35. The lowest BCUT2D eigenvalue weighted by atomic mass is 10.0. The van der Waals surface area contributed by atoms with Crippen molar-refractivity contribution < 1.29 is 0 Å². The van der Waals surface area contributed by atoms with Crippen molar-refractivity contribution in [2.24, 2.45) is 5.73 Å². The summed E-state index contributed by atoms with van der Waals surface area (Å²) in [5.74, 6) is 0. The van der Waals surface area contributed by atoms with Crippen LogP contribution in [-0.2, 0) is 6.54 Å². The first-order chi connectivity index (χ1) is 8.20. The quantitative estimate of drug-likeness (QED) is 0.869. The third-order valence-corrected chi connectivity index (χ3v) is 3.34. The van der Waals surface area contributed by atoms with Gasteiger partial charge in [0.05, 0.1) is 12.2 Å². The molecule has 2 aromatic rings. The van der Waals surface area contributed by atoms with Gasteiger partial charge < -0.3 is 5.73 Å². The van der Waals surface area contributed by atoms with E-state index >= 15 is 0 Å². The summed E-state index contributed by atoms with van der Waals surface area (Å²) in [6.45, 7) is 3.08. The van der Waals surface area contributed by atoms with Gasteiger partial charge in [0.2, 0.25) is 0 Å². The van der Waals surface area contributed by atoms with Crippen LogP contribution >= 0.6 is 22.6 Å². The van der Waals surface area contributed by atoms with Crippen molar-refractivity contribution in [3.05, 3.63) is 51.4 Å². The molecular formula is C13H16IN3. The van der Waals surface area contributed by atoms with Crippen LogP contribution in [0.25, 0.3) is 0 Å². The van der Waals surface area contributed by atoms with E-state index in [-0.39, 0.29) is 6.04 Å². The molecule has 4 heteroatoms. The topological polar surface area (TPSA) is 43.8 Å². The van der Waals surface area contributed by atoms with Crippen molar-refractivity contribution in [1.29, 1.82) is 0 Å². The highest BCUT2D eigenvalue weighted by Crippen LogP contribution is 2.20. The number of nitrogens with zero attached hydrogens (tertiary/aromatic N) is 2. The highest BCUT2D eigenvalue weighted by atomic mass is 127. The summed E-state index contributed by atoms with van der Waals surface area (Å²) >= 11 is 2.30. The first kappa shape index (κ1) is 12.6. The second-order valence-electron chi connectivity index (χ2n) is 4.07. The molecule has 0 saturated carbocycles. The minimum atomic E-state index is -0.0877. The molecule has 90 valence electrons. The third kappa shape index (κ3) is 3.07. The number of hydrogen-bond donors (Lipinski definition) is 1. The molecule has 0 radical (unpaired) electrons. The molecule has 1 heterocycles. The maximum Gasteiger partial charge on any atom is 0.0583 e. The predicted octanol–water partition coefficient (Wildman–Crippen LogP) is 2.95. The van der Waals surface area contributed by atoms with Crippen LogP contribution in [-0.4, -0.2) is 9.78 Å². The number of aromatic nitrogens is 2. The molecule has 1 unspecified atom stereocenters. The first-order valence-corrected chi connectivity index (χ1v) is 6.82. The van der Waals surface area contributed by atoms with E-state index < -0.39 is 0 Å². The Balaban J connectivity index is 2.21. The van der Waals surface area contributed by atoms with Gasteiger partial charge in [-0.2, -0.15) is 5.10 Å². The maximum atomic E-state index is 6.24. The molecule has 1 aromatic heterocycles. The van der Waals surface area contributed by atoms with Crippen molar-refractivity contribution >= 4 is 22.6 Å². The molecule has 0 aliphatic heterocycles. The molecule has 0 bridgehead atoms. The summed E-state index contributed by atoms with van der Waals surface area (Å²) < 4.78 is 3.15. The van der Waals surface area contributed by atoms with E-state index in [0.717, 1.165) is 24.1 Å². The Labute approximate surface area is 115 Å². The fraction of sp³-hybridized carbons (Fsp3) is 0.308. The molecule has 1 atom stereocenters. The van der Waals surface area contributed by atoms with Gasteiger partial charge in [0.15, 0.2) is 0 Å². The number of nitrogens with two attached hydrogens (primary N) is 1. The fourth-order valence-electron chi connectivity index (χ4n) is 1.78. The zero-order chi connectivity index (χ0) is 12.3. The Bertz CT molecular complexity index is 493. The Morgan fingerprint density at radius 1 is 1.41 bits per heavy atom. The smallest absolute Gasteiger partial charge is 0.0583 e. The average Bonchev–Trinajstić information content (AvgIpc) is 2.77. The monoisotopic (exact) mass is 341 g/mol. The number of benzene rings is 1. The van der Waals surface area contributed by atoms with Crippen molar-refractivity contribution in [2.45, 2.75) is 25.9 Å². The van der Waals surface area contributed by atoms with E-state index in [1.165, 1.54) is 3.57 Å². The Hall–Kier alpha value is -0.880. The summed E-state index contributed by atoms with van der Waals surface area (Å²) in [7, 11) is 0. The summed E-state index contributed by atoms with van der Waals surface area (Å²) in [6.07, 6.45) is 4.98. The number of halogens is 1. The second-order valence-corrected chi connectivity index (χ2v) is 5.32. The van der Waals surface area contributed by atoms with Gasteiger partial charge in [-0.05, 0) is 46.7 Å². The van der Waals surface area contributed by atoms with Gasteiger partial charge in [0, 0.05) is 21.9 Å². The number of rotatable bonds is 4. The van der Waals surface area contributed by atoms with Crippen LogP contribution in [0.15, 0.2) is 36.7 Å². The van der Waals surface area contributed by atoms with Crippen LogP contribution in [0.2, 0.25) is 0 Å². The van der Waals surface area contributed by atoms with E-state index in [1.54, 1.807) is 0 Å². The summed E-state index contributed by atoms with van der Waals surface area (Å²) in [4.78, 5) is 0. The zero-order valence-corrected chi connectivity index (χ0v) is 12.0. The van der Waals surface area contributed by atoms with E-state index in [4.69, 9.17) is 5.73 Å². The van der Waals surface area contributed by atoms with Crippen LogP contribution in [0.3, 0.4) is 0 Å². The maximum absolute atomic E-state index is 6.24. The van der Waals surface area contributed by atoms with E-state index in [1.807, 2.05) is 23.1 Å². The predicted molar refractivity (Wildman–Crippen MR) is 77.7 cm³/mol. The molecule has 0 fully saturated rings. The van der Waals surface area contributed by atoms with Crippen LogP contribution in [0.4, 0.5) is 0 Å². The number of hydrogen-bond acceptors (Lipinski definition) is 2. The molecule has 0 amide bonds. The largest absolute Gasteiger partial charge is 0.320 e. The molecule has 0 spiro atoms. The van der Waals surface area contributed by atoms with E-state index in [0.29, 0.717) is 0 Å². The Kier molecular flexibility index (Phi) is 4.17. The SMILES string of the molecule is CCCn1cc(C(N)c2cccc(I)c2)cn1. The normalized spacial score (nSPS) is 12.6. The standard InChI is InChI=1S/C13H16IN3/c1-2-6-17-9-11(8-16-17)13(15)10-4-3-5-12(14)7-10/h3-5,7-9,13H,2,6,15H2,1H3. The lowest BCUT2D eigenvalue weighted by Crippen LogP contribution is -2.11. The minimum Gasteiger partial charge on any atom is -0.320 e. The van der Waals surface area contributed by atoms with Crippen molar-refractivity contribution in [3.8, 4) is 0 Å². The van der Waals surface area contributed by atoms with Gasteiger partial charge in [-0.1, -0.05) is 19.1 Å². The van der Waals surface area contributed by atoms with Crippen LogP contribution in [0, 0.1) is 3.57 Å². The Morgan fingerprint density at radius 3 is 2.94 bits per heavy atom. The molecule has 0 aliphatic carbocycles. The summed E-state index contributed by atoms with van der Waals surface area (Å²) in [5, 5.41) is 4.31. The summed E-state index contributed by atoms with van der Waals surface area (Å²) in [5.41, 5.74) is 8.44. The van der Waals surface area contributed by atoms with Gasteiger partial charge in [-0.25, -0.2) is 0 Å². The van der Waals surface area contributed by atoms with Gasteiger partial charge >= 0.3 is 0 Å². The molecule has 0 aliphatic rings. The van der Waals surface area contributed by atoms with Gasteiger partial charge in [-0.15, -0.1) is 0 Å². The van der Waals surface area contributed by atoms with Crippen LogP contribution in [0.1, 0.15) is 30.5 Å². The second kappa shape index (κ2) is 5.64. The minimum absolute atomic E-state index is 0.0877. The first-order valence-electron chi connectivity index (χ1n) is 5.74. The molecule has 17 heavy (non-hydrogen) atoms. The van der Waals surface area contributed by atoms with Crippen molar-refractivity contribution in [1.82, 2.24) is 9.78 Å². The van der Waals surface area contributed by atoms with Gasteiger partial charge in [-0.3, -0.25) is 4.68 Å². The van der Waals surface area contributed by atoms with Gasteiger partial charge in [0.1, 0.15) is 0 Å². The van der Waals surface area contributed by atoms with Crippen molar-refractivity contribution in [3.63, 3.8) is 0 Å². The Morgan fingerprint density at radius 2 is 2.24 bits per heavy atom. The van der Waals surface area contributed by atoms with Gasteiger partial charge in [0.25, 0.3) is 0 Å². The molecule has 1 aromatic carbocycles. The lowest BCUT2D eigenvalue weighted by molar-refractivity contribution is 0.602. The lowest BCUT2D eigenvalue weighted by Gasteiger charge is -2.10. The van der Waals surface area contributed by atoms with Crippen LogP contribution < -0.4 is 5.73 Å². The van der Waals surface area contributed by atoms with E-state index in [9.17, 15) is 0 Å². The highest BCUT2D eigenvalue weighted by Gasteiger charge is 2.11. The van der Waals surface area contributed by atoms with Crippen LogP contribution in [0.5, 0.6) is 0 Å². The average molecular weight is 341 g/mol. The molecule has 0 saturated heterocycles. The van der Waals surface area contributed by atoms with E-state index in [2.05, 4.69) is 52.8 Å². The van der Waals surface area contributed by atoms with Crippen molar-refractivity contribution in [2.75, 3.05) is 0 Å². The molecular weight excluding hydrogens is 325 g/mol.